The van der Waals surface area contributed by atoms with E-state index in [1.54, 1.807) is 17.0 Å². The maximum atomic E-state index is 16.8. The topological polar surface area (TPSA) is 95.4 Å². The molecule has 1 aromatic heterocycles. The van der Waals surface area contributed by atoms with Crippen LogP contribution in [0.3, 0.4) is 0 Å². The van der Waals surface area contributed by atoms with Crippen LogP contribution in [0.4, 0.5) is 4.39 Å². The number of piperidine rings is 1. The van der Waals surface area contributed by atoms with Crippen molar-refractivity contribution in [2.75, 3.05) is 67.4 Å². The number of fused-ring (bicyclic) bond motifs is 1. The number of amides is 1. The van der Waals surface area contributed by atoms with E-state index in [2.05, 4.69) is 4.90 Å². The number of benzene rings is 3. The van der Waals surface area contributed by atoms with Crippen LogP contribution < -0.4 is 14.2 Å². The van der Waals surface area contributed by atoms with E-state index in [-0.39, 0.29) is 24.1 Å². The van der Waals surface area contributed by atoms with Gasteiger partial charge in [-0.3, -0.25) is 14.5 Å². The van der Waals surface area contributed by atoms with Gasteiger partial charge in [0.05, 0.1) is 39.0 Å². The summed E-state index contributed by atoms with van der Waals surface area (Å²) in [6, 6.07) is 20.6. The highest BCUT2D eigenvalue weighted by Crippen LogP contribution is 2.50. The van der Waals surface area contributed by atoms with Crippen molar-refractivity contribution >= 4 is 22.7 Å². The molecule has 2 aliphatic heterocycles. The van der Waals surface area contributed by atoms with E-state index in [1.807, 2.05) is 66.1 Å². The van der Waals surface area contributed by atoms with E-state index < -0.39 is 17.6 Å². The summed E-state index contributed by atoms with van der Waals surface area (Å²) in [5, 5.41) is 0. The Kier molecular flexibility index (Phi) is 10.7. The van der Waals surface area contributed by atoms with E-state index in [1.165, 1.54) is 21.3 Å². The Labute approximate surface area is 293 Å². The van der Waals surface area contributed by atoms with Gasteiger partial charge < -0.3 is 28.4 Å². The number of hydrogen-bond acceptors (Lipinski definition) is 8. The van der Waals surface area contributed by atoms with Crippen LogP contribution in [-0.2, 0) is 16.7 Å². The minimum absolute atomic E-state index is 0.123. The average molecular weight is 687 g/mol. The lowest BCUT2D eigenvalue weighted by molar-refractivity contribution is -0.00772. The lowest BCUT2D eigenvalue weighted by Gasteiger charge is -2.53. The molecule has 4 aromatic rings. The van der Waals surface area contributed by atoms with Crippen LogP contribution >= 0.6 is 0 Å². The highest BCUT2D eigenvalue weighted by molar-refractivity contribution is 6.05. The third-order valence-electron chi connectivity index (χ3n) is 10.6. The molecule has 10 nitrogen and oxygen atoms in total. The van der Waals surface area contributed by atoms with Gasteiger partial charge in [0, 0.05) is 37.2 Å². The molecule has 2 saturated heterocycles. The lowest BCUT2D eigenvalue weighted by atomic mass is 9.61. The number of carbonyl (C=O) groups excluding carboxylic acids is 2. The van der Waals surface area contributed by atoms with Crippen molar-refractivity contribution in [1.29, 1.82) is 0 Å². The molecule has 50 heavy (non-hydrogen) atoms. The van der Waals surface area contributed by atoms with Crippen LogP contribution in [0.2, 0.25) is 0 Å². The maximum Gasteiger partial charge on any atom is 0.254 e. The smallest absolute Gasteiger partial charge is 0.254 e. The van der Waals surface area contributed by atoms with Gasteiger partial charge >= 0.3 is 0 Å². The maximum absolute atomic E-state index is 16.8. The molecular weight excluding hydrogens is 639 g/mol. The van der Waals surface area contributed by atoms with E-state index >= 15 is 9.18 Å². The molecule has 2 fully saturated rings. The number of para-hydroxylation sites is 2. The number of aromatic nitrogens is 2. The molecular formula is C39H47FN4O6. The summed E-state index contributed by atoms with van der Waals surface area (Å²) in [5.41, 5.74) is -0.134. The average Bonchev–Trinajstić information content (AvgIpc) is 3.79. The summed E-state index contributed by atoms with van der Waals surface area (Å²) in [5.74, 6) is 0.655. The predicted octanol–water partition coefficient (Wildman–Crippen LogP) is 5.96. The van der Waals surface area contributed by atoms with Gasteiger partial charge in [0.1, 0.15) is 12.2 Å². The Morgan fingerprint density at radius 3 is 2.22 bits per heavy atom. The summed E-state index contributed by atoms with van der Waals surface area (Å²) in [6.07, 6.45) is 3.06. The van der Waals surface area contributed by atoms with Gasteiger partial charge in [-0.25, -0.2) is 9.37 Å². The van der Waals surface area contributed by atoms with Gasteiger partial charge in [0.25, 0.3) is 5.91 Å². The van der Waals surface area contributed by atoms with E-state index in [4.69, 9.17) is 23.9 Å². The number of imidazole rings is 1. The molecule has 2 unspecified atom stereocenters. The molecule has 1 amide bonds. The SMILES string of the molecule is CCOCCn1c(C(=O)C(CF)(N2CCCCC2)C2(c3ccccc3)CCN(C(=O)c3cc(OC)c(OC)c(OC)c3)C2)nc2ccccc21. The van der Waals surface area contributed by atoms with Crippen LogP contribution in [0.5, 0.6) is 17.2 Å². The number of carbonyl (C=O) groups is 2. The zero-order chi connectivity index (χ0) is 35.3. The summed E-state index contributed by atoms with van der Waals surface area (Å²) in [6.45, 7) is 3.84. The number of ether oxygens (including phenoxy) is 4. The molecule has 0 spiro atoms. The molecule has 0 saturated carbocycles. The van der Waals surface area contributed by atoms with Crippen LogP contribution in [-0.4, -0.2) is 104 Å². The molecule has 0 bridgehead atoms. The number of halogens is 1. The van der Waals surface area contributed by atoms with Crippen molar-refractivity contribution < 1.29 is 32.9 Å². The highest BCUT2D eigenvalue weighted by Gasteiger charge is 2.64. The van der Waals surface area contributed by atoms with Gasteiger partial charge in [0.15, 0.2) is 17.3 Å². The summed E-state index contributed by atoms with van der Waals surface area (Å²) < 4.78 is 41.0. The Hall–Kier alpha value is -4.48. The van der Waals surface area contributed by atoms with Crippen molar-refractivity contribution in [1.82, 2.24) is 19.4 Å². The molecule has 0 radical (unpaired) electrons. The normalized spacial score (nSPS) is 19.3. The second-order valence-electron chi connectivity index (χ2n) is 13.0. The van der Waals surface area contributed by atoms with Crippen molar-refractivity contribution in [3.63, 3.8) is 0 Å². The van der Waals surface area contributed by atoms with Crippen LogP contribution in [0.15, 0.2) is 66.7 Å². The number of alkyl halides is 1. The quantitative estimate of drug-likeness (QED) is 0.119. The number of hydrogen-bond donors (Lipinski definition) is 0. The second-order valence-corrected chi connectivity index (χ2v) is 13.0. The molecule has 0 N–H and O–H groups in total. The lowest BCUT2D eigenvalue weighted by Crippen LogP contribution is -2.70. The summed E-state index contributed by atoms with van der Waals surface area (Å²) in [7, 11) is 4.52. The fourth-order valence-electron chi connectivity index (χ4n) is 8.11. The van der Waals surface area contributed by atoms with Crippen molar-refractivity contribution in [3.8, 4) is 17.2 Å². The number of nitrogens with zero attached hydrogens (tertiary/aromatic N) is 4. The predicted molar refractivity (Wildman–Crippen MR) is 189 cm³/mol. The van der Waals surface area contributed by atoms with Gasteiger partial charge in [-0.15, -0.1) is 0 Å². The van der Waals surface area contributed by atoms with Crippen LogP contribution in [0, 0.1) is 0 Å². The number of Topliss-reactive ketones (excluding diaryl/α,β-unsaturated/α-hetero) is 1. The van der Waals surface area contributed by atoms with Gasteiger partial charge in [0.2, 0.25) is 11.5 Å². The zero-order valence-corrected chi connectivity index (χ0v) is 29.5. The monoisotopic (exact) mass is 686 g/mol. The number of methoxy groups -OCH3 is 3. The first-order chi connectivity index (χ1) is 24.4. The molecule has 2 aliphatic rings. The molecule has 11 heteroatoms. The number of likely N-dealkylation sites (tertiary alicyclic amines) is 2. The van der Waals surface area contributed by atoms with E-state index in [0.29, 0.717) is 74.1 Å². The standard InChI is InChI=1S/C39H47FN4O6/c1-5-50-23-22-44-31-17-11-10-16-30(31)41-36(44)35(45)39(26-40,43-19-12-7-13-20-43)38(29-14-8-6-9-15-29)18-21-42(27-38)37(46)28-24-32(47-2)34(49-4)33(25-28)48-3/h6,8-11,14-17,24-25H,5,7,12-13,18-23,26-27H2,1-4H3. The Bertz CT molecular complexity index is 1780. The highest BCUT2D eigenvalue weighted by atomic mass is 19.1. The van der Waals surface area contributed by atoms with Gasteiger partial charge in [-0.2, -0.15) is 0 Å². The molecule has 0 aliphatic carbocycles. The third kappa shape index (κ3) is 6.00. The van der Waals surface area contributed by atoms with Crippen LogP contribution in [0.25, 0.3) is 11.0 Å². The van der Waals surface area contributed by atoms with Crippen molar-refractivity contribution in [2.45, 2.75) is 50.1 Å². The molecule has 3 aromatic carbocycles. The summed E-state index contributed by atoms with van der Waals surface area (Å²) in [4.78, 5) is 38.7. The second kappa shape index (κ2) is 15.2. The van der Waals surface area contributed by atoms with E-state index in [0.717, 1.165) is 30.3 Å². The number of rotatable bonds is 14. The summed E-state index contributed by atoms with van der Waals surface area (Å²) >= 11 is 0. The zero-order valence-electron chi connectivity index (χ0n) is 29.5. The molecule has 6 rings (SSSR count). The minimum atomic E-state index is -1.65. The fraction of sp³-hybridized carbons (Fsp3) is 0.462. The molecule has 266 valence electrons. The third-order valence-corrected chi connectivity index (χ3v) is 10.6. The fourth-order valence-corrected chi connectivity index (χ4v) is 8.11. The largest absolute Gasteiger partial charge is 0.493 e. The van der Waals surface area contributed by atoms with Gasteiger partial charge in [-0.1, -0.05) is 48.9 Å². The van der Waals surface area contributed by atoms with Crippen LogP contribution in [0.1, 0.15) is 59.1 Å². The Morgan fingerprint density at radius 1 is 0.900 bits per heavy atom. The first-order valence-corrected chi connectivity index (χ1v) is 17.4. The first-order valence-electron chi connectivity index (χ1n) is 17.4. The van der Waals surface area contributed by atoms with E-state index in [9.17, 15) is 4.79 Å². The number of ketones is 1. The van der Waals surface area contributed by atoms with Crippen molar-refractivity contribution in [2.24, 2.45) is 0 Å². The first kappa shape index (κ1) is 35.3. The molecule has 2 atom stereocenters. The van der Waals surface area contributed by atoms with Crippen molar-refractivity contribution in [3.05, 3.63) is 83.7 Å². The minimum Gasteiger partial charge on any atom is -0.493 e. The Morgan fingerprint density at radius 2 is 1.58 bits per heavy atom. The Balaban J connectivity index is 1.52. The van der Waals surface area contributed by atoms with Gasteiger partial charge in [-0.05, 0) is 69.1 Å². The molecule has 3 heterocycles.